The Kier molecular flexibility index (Phi) is 6.73. The van der Waals surface area contributed by atoms with Crippen molar-refractivity contribution in [3.05, 3.63) is 0 Å². The highest BCUT2D eigenvalue weighted by Gasteiger charge is 2.49. The molecule has 7 N–H and O–H groups in total. The normalized spacial score (nSPS) is 51.7. The van der Waals surface area contributed by atoms with Crippen molar-refractivity contribution in [3.8, 4) is 0 Å². The minimum absolute atomic E-state index is 0.145. The molecule has 0 amide bonds. The predicted molar refractivity (Wildman–Crippen MR) is 75.3 cm³/mol. The summed E-state index contributed by atoms with van der Waals surface area (Å²) in [6.07, 6.45) is -14.4. The molecule has 11 heteroatoms. The minimum Gasteiger partial charge on any atom is -0.394 e. The molecule has 10 nitrogen and oxygen atoms in total. The van der Waals surface area contributed by atoms with E-state index in [4.69, 9.17) is 19.3 Å². The summed E-state index contributed by atoms with van der Waals surface area (Å²) < 4.78 is 15.7. The first-order valence-electron chi connectivity index (χ1n) is 7.03. The second-order valence-electron chi connectivity index (χ2n) is 5.50. The third-order valence-corrected chi connectivity index (χ3v) is 4.58. The number of halogens is 1. The van der Waals surface area contributed by atoms with Crippen molar-refractivity contribution in [2.75, 3.05) is 11.9 Å². The fourth-order valence-electron chi connectivity index (χ4n) is 2.47. The SMILES string of the molecule is OC[C@H]1O[C@H](O[C@@H]2O[C@H](CBr)[C@@H](O)[C@H](O)[C@H]2O)[C@H](O)[C@@H](O)[C@@H]1O. The summed E-state index contributed by atoms with van der Waals surface area (Å²) in [5.74, 6) is 0. The van der Waals surface area contributed by atoms with Gasteiger partial charge in [0.1, 0.15) is 42.7 Å². The van der Waals surface area contributed by atoms with Crippen molar-refractivity contribution in [1.82, 2.24) is 0 Å². The summed E-state index contributed by atoms with van der Waals surface area (Å²) >= 11 is 3.08. The van der Waals surface area contributed by atoms with Crippen molar-refractivity contribution in [2.45, 2.75) is 61.4 Å². The van der Waals surface area contributed by atoms with Crippen LogP contribution in [-0.2, 0) is 14.2 Å². The summed E-state index contributed by atoms with van der Waals surface area (Å²) in [5, 5.41) is 67.9. The minimum atomic E-state index is -1.67. The maximum Gasteiger partial charge on any atom is 0.189 e. The van der Waals surface area contributed by atoms with E-state index >= 15 is 0 Å². The first-order chi connectivity index (χ1) is 10.8. The molecule has 0 aliphatic carbocycles. The van der Waals surface area contributed by atoms with Gasteiger partial charge in [0, 0.05) is 5.33 Å². The van der Waals surface area contributed by atoms with Crippen LogP contribution in [0.4, 0.5) is 0 Å². The van der Waals surface area contributed by atoms with Gasteiger partial charge in [-0.25, -0.2) is 0 Å². The lowest BCUT2D eigenvalue weighted by Gasteiger charge is -2.44. The third kappa shape index (κ3) is 3.85. The van der Waals surface area contributed by atoms with E-state index in [0.717, 1.165) is 0 Å². The van der Waals surface area contributed by atoms with Crippen LogP contribution in [0, 0.1) is 0 Å². The number of alkyl halides is 1. The van der Waals surface area contributed by atoms with Gasteiger partial charge < -0.3 is 50.0 Å². The smallest absolute Gasteiger partial charge is 0.189 e. The Morgan fingerprint density at radius 2 is 1.13 bits per heavy atom. The summed E-state index contributed by atoms with van der Waals surface area (Å²) in [4.78, 5) is 0. The molecule has 0 saturated carbocycles. The lowest BCUT2D eigenvalue weighted by atomic mass is 9.98. The maximum absolute atomic E-state index is 9.91. The highest BCUT2D eigenvalue weighted by atomic mass is 79.9. The molecule has 0 spiro atoms. The van der Waals surface area contributed by atoms with E-state index in [2.05, 4.69) is 15.9 Å². The Bertz CT molecular complexity index is 349. The van der Waals surface area contributed by atoms with Crippen molar-refractivity contribution < 1.29 is 50.0 Å². The molecular formula is C12H21BrO10. The number of rotatable bonds is 4. The van der Waals surface area contributed by atoms with Gasteiger partial charge in [0.25, 0.3) is 0 Å². The molecule has 10 atom stereocenters. The molecule has 0 aromatic rings. The van der Waals surface area contributed by atoms with Gasteiger partial charge >= 0.3 is 0 Å². The molecule has 2 aliphatic heterocycles. The average molecular weight is 405 g/mol. The molecule has 2 aliphatic rings. The molecule has 0 aromatic carbocycles. The van der Waals surface area contributed by atoms with E-state index in [1.807, 2.05) is 0 Å². The zero-order valence-corrected chi connectivity index (χ0v) is 13.5. The zero-order chi connectivity index (χ0) is 17.3. The van der Waals surface area contributed by atoms with Crippen molar-refractivity contribution in [2.24, 2.45) is 0 Å². The molecule has 23 heavy (non-hydrogen) atoms. The van der Waals surface area contributed by atoms with Crippen LogP contribution in [0.25, 0.3) is 0 Å². The predicted octanol–water partition coefficient (Wildman–Crippen LogP) is -3.99. The number of ether oxygens (including phenoxy) is 3. The largest absolute Gasteiger partial charge is 0.394 e. The van der Waals surface area contributed by atoms with E-state index in [1.165, 1.54) is 0 Å². The van der Waals surface area contributed by atoms with Gasteiger partial charge in [-0.3, -0.25) is 0 Å². The van der Waals surface area contributed by atoms with Crippen LogP contribution in [0.5, 0.6) is 0 Å². The number of hydrogen-bond acceptors (Lipinski definition) is 10. The van der Waals surface area contributed by atoms with Crippen molar-refractivity contribution in [3.63, 3.8) is 0 Å². The molecule has 0 aromatic heterocycles. The second kappa shape index (κ2) is 7.97. The molecule has 0 unspecified atom stereocenters. The van der Waals surface area contributed by atoms with Gasteiger partial charge in [-0.05, 0) is 0 Å². The van der Waals surface area contributed by atoms with Crippen LogP contribution < -0.4 is 0 Å². The van der Waals surface area contributed by atoms with E-state index in [9.17, 15) is 30.6 Å². The first kappa shape index (κ1) is 19.4. The van der Waals surface area contributed by atoms with E-state index < -0.39 is 68.0 Å². The average Bonchev–Trinajstić information content (AvgIpc) is 2.55. The fraction of sp³-hybridized carbons (Fsp3) is 1.00. The molecule has 136 valence electrons. The van der Waals surface area contributed by atoms with E-state index in [1.54, 1.807) is 0 Å². The molecule has 0 bridgehead atoms. The third-order valence-electron chi connectivity index (χ3n) is 3.94. The van der Waals surface area contributed by atoms with Crippen LogP contribution in [0.1, 0.15) is 0 Å². The van der Waals surface area contributed by atoms with Crippen molar-refractivity contribution in [1.29, 1.82) is 0 Å². The van der Waals surface area contributed by atoms with Gasteiger partial charge in [0.15, 0.2) is 12.6 Å². The lowest BCUT2D eigenvalue weighted by molar-refractivity contribution is -0.373. The second-order valence-corrected chi connectivity index (χ2v) is 6.15. The Balaban J connectivity index is 2.07. The molecule has 2 rings (SSSR count). The molecule has 0 radical (unpaired) electrons. The Hall–Kier alpha value is 0.0800. The van der Waals surface area contributed by atoms with E-state index in [-0.39, 0.29) is 5.33 Å². The first-order valence-corrected chi connectivity index (χ1v) is 8.15. The van der Waals surface area contributed by atoms with Gasteiger partial charge in [-0.15, -0.1) is 0 Å². The Labute approximate surface area is 140 Å². The quantitative estimate of drug-likeness (QED) is 0.229. The monoisotopic (exact) mass is 404 g/mol. The van der Waals surface area contributed by atoms with Crippen LogP contribution in [0.15, 0.2) is 0 Å². The maximum atomic E-state index is 9.91. The van der Waals surface area contributed by atoms with Crippen LogP contribution in [0.2, 0.25) is 0 Å². The summed E-state index contributed by atoms with van der Waals surface area (Å²) in [6, 6.07) is 0. The molecular weight excluding hydrogens is 384 g/mol. The lowest BCUT2D eigenvalue weighted by Crippen LogP contribution is -2.63. The fourth-order valence-corrected chi connectivity index (χ4v) is 3.00. The molecule has 2 saturated heterocycles. The number of hydrogen-bond donors (Lipinski definition) is 7. The highest BCUT2D eigenvalue weighted by molar-refractivity contribution is 9.09. The zero-order valence-electron chi connectivity index (χ0n) is 11.9. The van der Waals surface area contributed by atoms with Gasteiger partial charge in [0.2, 0.25) is 0 Å². The van der Waals surface area contributed by atoms with E-state index in [0.29, 0.717) is 0 Å². The topological polar surface area (TPSA) is 169 Å². The summed E-state index contributed by atoms with van der Waals surface area (Å²) in [6.45, 7) is -0.635. The summed E-state index contributed by atoms with van der Waals surface area (Å²) in [7, 11) is 0. The van der Waals surface area contributed by atoms with Crippen LogP contribution >= 0.6 is 15.9 Å². The Morgan fingerprint density at radius 1 is 0.696 bits per heavy atom. The highest BCUT2D eigenvalue weighted by Crippen LogP contribution is 2.28. The van der Waals surface area contributed by atoms with Gasteiger partial charge in [0.05, 0.1) is 12.7 Å². The van der Waals surface area contributed by atoms with Gasteiger partial charge in [-0.1, -0.05) is 15.9 Å². The number of aliphatic hydroxyl groups excluding tert-OH is 7. The molecule has 2 heterocycles. The summed E-state index contributed by atoms with van der Waals surface area (Å²) in [5.41, 5.74) is 0. The van der Waals surface area contributed by atoms with Crippen LogP contribution in [-0.4, -0.2) is 109 Å². The standard InChI is InChI=1S/C12H21BrO10/c13-1-3-5(15)7(17)9(19)11(21-3)23-12-10(20)8(18)6(16)4(2-14)22-12/h3-12,14-20H,1-2H2/t3-,4-,5-,6-,7+,8+,9-,10-,11+,12-/m1/s1. The number of aliphatic hydroxyl groups is 7. The molecule has 2 fully saturated rings. The van der Waals surface area contributed by atoms with Crippen LogP contribution in [0.3, 0.4) is 0 Å². The van der Waals surface area contributed by atoms with Crippen molar-refractivity contribution >= 4 is 15.9 Å². The van der Waals surface area contributed by atoms with Gasteiger partial charge in [-0.2, -0.15) is 0 Å². The Morgan fingerprint density at radius 3 is 1.57 bits per heavy atom.